The van der Waals surface area contributed by atoms with Crippen LogP contribution in [0.5, 0.6) is 5.75 Å². The molecule has 28 heavy (non-hydrogen) atoms. The molecular formula is C20H20F2N2O4. The third-order valence-corrected chi connectivity index (χ3v) is 4.66. The lowest BCUT2D eigenvalue weighted by molar-refractivity contribution is -0.132. The smallest absolute Gasteiger partial charge is 0.325 e. The van der Waals surface area contributed by atoms with Gasteiger partial charge in [-0.25, -0.2) is 13.6 Å². The number of benzene rings is 2. The number of urea groups is 1. The molecule has 6 nitrogen and oxygen atoms in total. The first-order valence-corrected chi connectivity index (χ1v) is 8.68. The third kappa shape index (κ3) is 3.68. The second kappa shape index (κ2) is 7.55. The Kier molecular flexibility index (Phi) is 5.33. The summed E-state index contributed by atoms with van der Waals surface area (Å²) in [6, 6.07) is 9.10. The Bertz CT molecular complexity index is 921. The number of β-amino-alcohol motifs (C(OH)–C–C–N with tert-alkyl or cyclic N) is 1. The van der Waals surface area contributed by atoms with E-state index in [2.05, 4.69) is 5.32 Å². The molecule has 148 valence electrons. The fourth-order valence-electron chi connectivity index (χ4n) is 3.09. The average Bonchev–Trinajstić information content (AvgIpc) is 2.87. The van der Waals surface area contributed by atoms with E-state index in [9.17, 15) is 23.5 Å². The van der Waals surface area contributed by atoms with Crippen molar-refractivity contribution in [3.63, 3.8) is 0 Å². The summed E-state index contributed by atoms with van der Waals surface area (Å²) >= 11 is 0. The highest BCUT2D eigenvalue weighted by molar-refractivity contribution is 6.07. The normalized spacial score (nSPS) is 20.2. The molecule has 0 aliphatic carbocycles. The molecule has 1 fully saturated rings. The summed E-state index contributed by atoms with van der Waals surface area (Å²) < 4.78 is 33.2. The van der Waals surface area contributed by atoms with Crippen LogP contribution in [0, 0.1) is 18.6 Å². The van der Waals surface area contributed by atoms with Crippen molar-refractivity contribution in [3.05, 3.63) is 65.2 Å². The van der Waals surface area contributed by atoms with Crippen molar-refractivity contribution in [1.29, 1.82) is 0 Å². The fraction of sp³-hybridized carbons (Fsp3) is 0.300. The van der Waals surface area contributed by atoms with Crippen LogP contribution in [0.2, 0.25) is 0 Å². The minimum Gasteiger partial charge on any atom is -0.491 e. The first kappa shape index (κ1) is 19.8. The van der Waals surface area contributed by atoms with E-state index < -0.39 is 35.2 Å². The van der Waals surface area contributed by atoms with Crippen LogP contribution in [0.4, 0.5) is 13.6 Å². The molecule has 0 bridgehead atoms. The van der Waals surface area contributed by atoms with E-state index in [0.29, 0.717) is 5.75 Å². The van der Waals surface area contributed by atoms with Gasteiger partial charge in [0, 0.05) is 5.56 Å². The van der Waals surface area contributed by atoms with Crippen LogP contribution in [-0.4, -0.2) is 41.2 Å². The third-order valence-electron chi connectivity index (χ3n) is 4.66. The molecule has 0 aromatic heterocycles. The molecule has 1 aliphatic rings. The molecule has 3 rings (SSSR count). The van der Waals surface area contributed by atoms with E-state index in [0.717, 1.165) is 28.7 Å². The number of rotatable bonds is 6. The summed E-state index contributed by atoms with van der Waals surface area (Å²) in [7, 11) is 0. The number of hydrogen-bond acceptors (Lipinski definition) is 4. The Balaban J connectivity index is 1.71. The van der Waals surface area contributed by atoms with Crippen LogP contribution in [0.1, 0.15) is 18.1 Å². The van der Waals surface area contributed by atoms with Gasteiger partial charge < -0.3 is 15.2 Å². The molecule has 0 unspecified atom stereocenters. The largest absolute Gasteiger partial charge is 0.491 e. The number of nitrogens with one attached hydrogen (secondary N) is 1. The van der Waals surface area contributed by atoms with Gasteiger partial charge in [-0.05, 0) is 43.7 Å². The number of aliphatic hydroxyl groups excluding tert-OH is 1. The average molecular weight is 390 g/mol. The maximum Gasteiger partial charge on any atom is 0.325 e. The minimum absolute atomic E-state index is 0.146. The van der Waals surface area contributed by atoms with E-state index >= 15 is 0 Å². The van der Waals surface area contributed by atoms with E-state index in [-0.39, 0.29) is 18.7 Å². The Labute approximate surface area is 160 Å². The standard InChI is InChI=1S/C20H20F2N2O4/c1-12-5-3-4-6-17(12)28-11-14(25)10-24-18(26)20(2,23-19(24)27)15-9-13(21)7-8-16(15)22/h3-9,14,25H,10-11H2,1-2H3,(H,23,27)/t14-,20-/m0/s1. The lowest BCUT2D eigenvalue weighted by Crippen LogP contribution is -2.43. The number of aryl methyl sites for hydroxylation is 1. The van der Waals surface area contributed by atoms with Crippen molar-refractivity contribution in [2.24, 2.45) is 0 Å². The van der Waals surface area contributed by atoms with Gasteiger partial charge in [-0.2, -0.15) is 0 Å². The van der Waals surface area contributed by atoms with Gasteiger partial charge in [-0.15, -0.1) is 0 Å². The molecule has 2 atom stereocenters. The highest BCUT2D eigenvalue weighted by Crippen LogP contribution is 2.31. The summed E-state index contributed by atoms with van der Waals surface area (Å²) in [5, 5.41) is 12.6. The van der Waals surface area contributed by atoms with E-state index in [4.69, 9.17) is 4.74 Å². The van der Waals surface area contributed by atoms with Crippen LogP contribution in [0.25, 0.3) is 0 Å². The lowest BCUT2D eigenvalue weighted by Gasteiger charge is -2.23. The molecule has 3 amide bonds. The van der Waals surface area contributed by atoms with Crippen molar-refractivity contribution < 1.29 is 28.2 Å². The maximum atomic E-state index is 14.1. The van der Waals surface area contributed by atoms with Crippen molar-refractivity contribution in [3.8, 4) is 5.75 Å². The summed E-state index contributed by atoms with van der Waals surface area (Å²) in [6.45, 7) is 2.65. The number of aliphatic hydroxyl groups is 1. The van der Waals surface area contributed by atoms with E-state index in [1.165, 1.54) is 6.92 Å². The summed E-state index contributed by atoms with van der Waals surface area (Å²) in [6.07, 6.45) is -1.16. The SMILES string of the molecule is Cc1ccccc1OC[C@@H](O)CN1C(=O)N[C@@](C)(c2cc(F)ccc2F)C1=O. The van der Waals surface area contributed by atoms with Gasteiger partial charge in [-0.1, -0.05) is 18.2 Å². The Morgan fingerprint density at radius 1 is 1.21 bits per heavy atom. The molecule has 0 radical (unpaired) electrons. The van der Waals surface area contributed by atoms with Gasteiger partial charge >= 0.3 is 6.03 Å². The van der Waals surface area contributed by atoms with Crippen molar-refractivity contribution in [2.45, 2.75) is 25.5 Å². The first-order valence-electron chi connectivity index (χ1n) is 8.68. The predicted octanol–water partition coefficient (Wildman–Crippen LogP) is 2.48. The molecule has 2 N–H and O–H groups in total. The lowest BCUT2D eigenvalue weighted by atomic mass is 9.91. The number of amides is 3. The molecule has 2 aromatic carbocycles. The van der Waals surface area contributed by atoms with Gasteiger partial charge in [0.25, 0.3) is 5.91 Å². The number of para-hydroxylation sites is 1. The van der Waals surface area contributed by atoms with Gasteiger partial charge in [0.05, 0.1) is 6.54 Å². The quantitative estimate of drug-likeness (QED) is 0.743. The van der Waals surface area contributed by atoms with Gasteiger partial charge in [0.1, 0.15) is 35.6 Å². The van der Waals surface area contributed by atoms with Crippen molar-refractivity contribution in [2.75, 3.05) is 13.2 Å². The molecule has 1 heterocycles. The Morgan fingerprint density at radius 2 is 1.93 bits per heavy atom. The highest BCUT2D eigenvalue weighted by atomic mass is 19.1. The zero-order valence-corrected chi connectivity index (χ0v) is 15.4. The number of halogens is 2. The molecule has 2 aromatic rings. The minimum atomic E-state index is -1.76. The summed E-state index contributed by atoms with van der Waals surface area (Å²) in [5.41, 5.74) is -1.17. The molecule has 0 spiro atoms. The molecule has 1 saturated heterocycles. The van der Waals surface area contributed by atoms with Gasteiger partial charge in [0.2, 0.25) is 0 Å². The zero-order valence-electron chi connectivity index (χ0n) is 15.4. The zero-order chi connectivity index (χ0) is 20.5. The first-order chi connectivity index (χ1) is 13.2. The summed E-state index contributed by atoms with van der Waals surface area (Å²) in [4.78, 5) is 25.8. The second-order valence-electron chi connectivity index (χ2n) is 6.83. The fourth-order valence-corrected chi connectivity index (χ4v) is 3.09. The van der Waals surface area contributed by atoms with Crippen LogP contribution in [0.15, 0.2) is 42.5 Å². The maximum absolute atomic E-state index is 14.1. The molecule has 1 aliphatic heterocycles. The number of carbonyl (C=O) groups excluding carboxylic acids is 2. The molecule has 0 saturated carbocycles. The van der Waals surface area contributed by atoms with Crippen LogP contribution in [-0.2, 0) is 10.3 Å². The van der Waals surface area contributed by atoms with Crippen LogP contribution >= 0.6 is 0 Å². The number of imide groups is 1. The van der Waals surface area contributed by atoms with Crippen molar-refractivity contribution >= 4 is 11.9 Å². The number of carbonyl (C=O) groups is 2. The van der Waals surface area contributed by atoms with Gasteiger partial charge in [0.15, 0.2) is 0 Å². The highest BCUT2D eigenvalue weighted by Gasteiger charge is 2.50. The predicted molar refractivity (Wildman–Crippen MR) is 96.6 cm³/mol. The Hall–Kier alpha value is -3.00. The van der Waals surface area contributed by atoms with Crippen LogP contribution < -0.4 is 10.1 Å². The second-order valence-corrected chi connectivity index (χ2v) is 6.83. The van der Waals surface area contributed by atoms with Crippen LogP contribution in [0.3, 0.4) is 0 Å². The molecule has 8 heteroatoms. The van der Waals surface area contributed by atoms with Gasteiger partial charge in [-0.3, -0.25) is 9.69 Å². The topological polar surface area (TPSA) is 78.9 Å². The van der Waals surface area contributed by atoms with Crippen molar-refractivity contribution in [1.82, 2.24) is 10.2 Å². The van der Waals surface area contributed by atoms with E-state index in [1.807, 2.05) is 19.1 Å². The summed E-state index contributed by atoms with van der Waals surface area (Å²) in [5.74, 6) is -1.75. The monoisotopic (exact) mass is 390 g/mol. The number of hydrogen-bond donors (Lipinski definition) is 2. The Morgan fingerprint density at radius 3 is 2.64 bits per heavy atom. The molecular weight excluding hydrogens is 370 g/mol. The van der Waals surface area contributed by atoms with E-state index in [1.54, 1.807) is 12.1 Å². The number of ether oxygens (including phenoxy) is 1. The number of nitrogens with zero attached hydrogens (tertiary/aromatic N) is 1.